The quantitative estimate of drug-likeness (QED) is 0.610. The molecular formula is C12H16N6O2S3. The van der Waals surface area contributed by atoms with Crippen molar-refractivity contribution in [3.63, 3.8) is 0 Å². The van der Waals surface area contributed by atoms with Gasteiger partial charge in [0.2, 0.25) is 11.0 Å². The fourth-order valence-corrected chi connectivity index (χ4v) is 3.59. The van der Waals surface area contributed by atoms with E-state index in [1.54, 1.807) is 6.92 Å². The van der Waals surface area contributed by atoms with Gasteiger partial charge in [-0.1, -0.05) is 27.6 Å². The minimum atomic E-state index is -0.310. The molecule has 2 N–H and O–H groups in total. The van der Waals surface area contributed by atoms with Crippen LogP contribution in [0.5, 0.6) is 0 Å². The molecule has 0 aromatic carbocycles. The molecular weight excluding hydrogens is 356 g/mol. The molecule has 0 aliphatic carbocycles. The van der Waals surface area contributed by atoms with Crippen LogP contribution in [0.1, 0.15) is 36.1 Å². The van der Waals surface area contributed by atoms with Crippen LogP contribution in [-0.4, -0.2) is 42.9 Å². The normalized spacial score (nSPS) is 11.3. The van der Waals surface area contributed by atoms with Gasteiger partial charge < -0.3 is 5.32 Å². The van der Waals surface area contributed by atoms with Gasteiger partial charge >= 0.3 is 0 Å². The molecule has 0 saturated heterocycles. The highest BCUT2D eigenvalue weighted by molar-refractivity contribution is 8.01. The number of hydrogen-bond acceptors (Lipinski definition) is 9. The maximum atomic E-state index is 12.0. The molecule has 0 aliphatic heterocycles. The molecule has 0 unspecified atom stereocenters. The van der Waals surface area contributed by atoms with Gasteiger partial charge in [-0.25, -0.2) is 0 Å². The number of aromatic nitrogens is 4. The lowest BCUT2D eigenvalue weighted by atomic mass is 10.1. The third-order valence-corrected chi connectivity index (χ3v) is 5.12. The van der Waals surface area contributed by atoms with Gasteiger partial charge in [0.05, 0.1) is 11.4 Å². The Labute approximate surface area is 145 Å². The molecule has 8 nitrogen and oxygen atoms in total. The van der Waals surface area contributed by atoms with E-state index in [1.165, 1.54) is 23.1 Å². The maximum absolute atomic E-state index is 12.0. The van der Waals surface area contributed by atoms with Crippen LogP contribution in [0.4, 0.5) is 5.13 Å². The number of aryl methyl sites for hydroxylation is 1. The number of hydrogen-bond donors (Lipinski definition) is 2. The minimum Gasteiger partial charge on any atom is -0.351 e. The van der Waals surface area contributed by atoms with Crippen LogP contribution >= 0.6 is 34.6 Å². The Kier molecular flexibility index (Phi) is 5.65. The lowest BCUT2D eigenvalue weighted by Crippen LogP contribution is -2.41. The molecule has 0 radical (unpaired) electrons. The van der Waals surface area contributed by atoms with Gasteiger partial charge in [-0.2, -0.15) is 0 Å². The molecule has 2 aromatic heterocycles. The van der Waals surface area contributed by atoms with Crippen LogP contribution in [-0.2, 0) is 4.79 Å². The average molecular weight is 373 g/mol. The Balaban J connectivity index is 1.87. The summed E-state index contributed by atoms with van der Waals surface area (Å²) in [5.41, 5.74) is 0.309. The zero-order valence-corrected chi connectivity index (χ0v) is 15.5. The van der Waals surface area contributed by atoms with Crippen molar-refractivity contribution in [3.05, 3.63) is 10.6 Å². The van der Waals surface area contributed by atoms with E-state index in [0.717, 1.165) is 11.5 Å². The van der Waals surface area contributed by atoms with Gasteiger partial charge in [0.25, 0.3) is 5.91 Å². The zero-order chi connectivity index (χ0) is 17.0. The van der Waals surface area contributed by atoms with E-state index in [4.69, 9.17) is 0 Å². The molecule has 0 aliphatic rings. The summed E-state index contributed by atoms with van der Waals surface area (Å²) in [5, 5.41) is 17.5. The summed E-state index contributed by atoms with van der Waals surface area (Å²) in [5.74, 6) is -0.136. The van der Waals surface area contributed by atoms with Crippen LogP contribution in [0.25, 0.3) is 0 Å². The molecule has 2 aromatic rings. The summed E-state index contributed by atoms with van der Waals surface area (Å²) in [4.78, 5) is 24.2. The number of anilines is 1. The van der Waals surface area contributed by atoms with Crippen LogP contribution in [0.2, 0.25) is 0 Å². The van der Waals surface area contributed by atoms with Crippen LogP contribution in [0, 0.1) is 6.92 Å². The first-order chi connectivity index (χ1) is 10.7. The molecule has 0 spiro atoms. The Bertz CT molecular complexity index is 706. The van der Waals surface area contributed by atoms with Crippen molar-refractivity contribution in [2.24, 2.45) is 0 Å². The summed E-state index contributed by atoms with van der Waals surface area (Å²) in [7, 11) is 0. The van der Waals surface area contributed by atoms with E-state index < -0.39 is 0 Å². The summed E-state index contributed by atoms with van der Waals surface area (Å²) < 4.78 is 4.33. The van der Waals surface area contributed by atoms with Crippen LogP contribution < -0.4 is 10.6 Å². The van der Waals surface area contributed by atoms with Crippen molar-refractivity contribution >= 4 is 51.6 Å². The van der Waals surface area contributed by atoms with Gasteiger partial charge in [0.1, 0.15) is 4.88 Å². The second kappa shape index (κ2) is 7.32. The van der Waals surface area contributed by atoms with E-state index >= 15 is 0 Å². The fraction of sp³-hybridized carbons (Fsp3) is 0.500. The molecule has 2 rings (SSSR count). The number of rotatable bonds is 5. The molecule has 0 atom stereocenters. The summed E-state index contributed by atoms with van der Waals surface area (Å²) in [6.07, 6.45) is 0. The lowest BCUT2D eigenvalue weighted by Gasteiger charge is -2.19. The lowest BCUT2D eigenvalue weighted by molar-refractivity contribution is -0.119. The van der Waals surface area contributed by atoms with Crippen molar-refractivity contribution in [2.45, 2.75) is 37.6 Å². The number of nitrogens with zero attached hydrogens (tertiary/aromatic N) is 4. The summed E-state index contributed by atoms with van der Waals surface area (Å²) >= 11 is 3.52. The number of carbonyl (C=O) groups is 2. The van der Waals surface area contributed by atoms with E-state index in [0.29, 0.717) is 20.0 Å². The van der Waals surface area contributed by atoms with Crippen molar-refractivity contribution < 1.29 is 9.59 Å². The van der Waals surface area contributed by atoms with Gasteiger partial charge in [0, 0.05) is 5.54 Å². The predicted molar refractivity (Wildman–Crippen MR) is 91.1 cm³/mol. The van der Waals surface area contributed by atoms with Crippen molar-refractivity contribution in [3.8, 4) is 0 Å². The predicted octanol–water partition coefficient (Wildman–Crippen LogP) is 1.96. The number of nitrogens with one attached hydrogen (secondary N) is 2. The van der Waals surface area contributed by atoms with E-state index in [9.17, 15) is 9.59 Å². The number of carbonyl (C=O) groups excluding carboxylic acids is 2. The SMILES string of the molecule is Cc1nnsc1C(=O)Nc1nnc(SCC(=O)NC(C)(C)C)s1. The van der Waals surface area contributed by atoms with E-state index in [2.05, 4.69) is 30.4 Å². The summed E-state index contributed by atoms with van der Waals surface area (Å²) in [6, 6.07) is 0. The Morgan fingerprint density at radius 2 is 1.96 bits per heavy atom. The number of thioether (sulfide) groups is 1. The molecule has 124 valence electrons. The van der Waals surface area contributed by atoms with Crippen molar-refractivity contribution in [1.82, 2.24) is 25.1 Å². The van der Waals surface area contributed by atoms with E-state index in [-0.39, 0.29) is 23.1 Å². The van der Waals surface area contributed by atoms with Gasteiger partial charge in [-0.3, -0.25) is 14.9 Å². The minimum absolute atomic E-state index is 0.0744. The first kappa shape index (κ1) is 17.8. The Morgan fingerprint density at radius 3 is 2.57 bits per heavy atom. The standard InChI is InChI=1S/C12H16N6O2S3/c1-6-8(23-18-15-6)9(20)13-10-16-17-11(22-10)21-5-7(19)14-12(2,3)4/h5H2,1-4H3,(H,14,19)(H,13,16,20). The van der Waals surface area contributed by atoms with Gasteiger partial charge in [0.15, 0.2) is 4.34 Å². The molecule has 23 heavy (non-hydrogen) atoms. The third-order valence-electron chi connectivity index (χ3n) is 2.33. The van der Waals surface area contributed by atoms with Crippen LogP contribution in [0.3, 0.4) is 0 Å². The molecule has 0 fully saturated rings. The second-order valence-corrected chi connectivity index (χ2v) is 8.56. The van der Waals surface area contributed by atoms with Crippen LogP contribution in [0.15, 0.2) is 4.34 Å². The van der Waals surface area contributed by atoms with Gasteiger partial charge in [-0.15, -0.1) is 15.3 Å². The molecule has 11 heteroatoms. The fourth-order valence-electron chi connectivity index (χ4n) is 1.49. The first-order valence-electron chi connectivity index (χ1n) is 6.62. The van der Waals surface area contributed by atoms with Crippen molar-refractivity contribution in [1.29, 1.82) is 0 Å². The first-order valence-corrected chi connectivity index (χ1v) is 9.20. The molecule has 2 heterocycles. The zero-order valence-electron chi connectivity index (χ0n) is 13.0. The molecule has 2 amide bonds. The topological polar surface area (TPSA) is 110 Å². The highest BCUT2D eigenvalue weighted by atomic mass is 32.2. The number of amides is 2. The highest BCUT2D eigenvalue weighted by Gasteiger charge is 2.17. The second-order valence-electron chi connectivity index (χ2n) is 5.60. The van der Waals surface area contributed by atoms with Gasteiger partial charge in [-0.05, 0) is 39.2 Å². The Morgan fingerprint density at radius 1 is 1.22 bits per heavy atom. The monoisotopic (exact) mass is 372 g/mol. The van der Waals surface area contributed by atoms with E-state index in [1.807, 2.05) is 20.8 Å². The highest BCUT2D eigenvalue weighted by Crippen LogP contribution is 2.26. The molecule has 0 bridgehead atoms. The largest absolute Gasteiger partial charge is 0.351 e. The third kappa shape index (κ3) is 5.52. The van der Waals surface area contributed by atoms with Crippen molar-refractivity contribution in [2.75, 3.05) is 11.1 Å². The average Bonchev–Trinajstić information content (AvgIpc) is 3.03. The smallest absolute Gasteiger partial charge is 0.271 e. The maximum Gasteiger partial charge on any atom is 0.271 e. The molecule has 0 saturated carbocycles. The summed E-state index contributed by atoms with van der Waals surface area (Å²) in [6.45, 7) is 7.48. The Hall–Kier alpha value is -1.59.